The first-order valence-electron chi connectivity index (χ1n) is 12.0. The molecule has 0 unspecified atom stereocenters. The smallest absolute Gasteiger partial charge is 0.159 e. The molecule has 4 aromatic rings. The van der Waals surface area contributed by atoms with Gasteiger partial charge in [-0.2, -0.15) is 0 Å². The largest absolute Gasteiger partial charge is 0.382 e. The van der Waals surface area contributed by atoms with Crippen LogP contribution in [0.1, 0.15) is 57.0 Å². The summed E-state index contributed by atoms with van der Waals surface area (Å²) < 4.78 is 14.3. The number of hydrogen-bond donors (Lipinski definition) is 2. The molecular weight excluding hydrogens is 463 g/mol. The number of benzene rings is 2. The minimum atomic E-state index is -0.953. The van der Waals surface area contributed by atoms with Crippen molar-refractivity contribution in [2.24, 2.45) is 5.92 Å². The van der Waals surface area contributed by atoms with Gasteiger partial charge in [0.15, 0.2) is 5.82 Å². The van der Waals surface area contributed by atoms with Crippen LogP contribution in [0.3, 0.4) is 0 Å². The number of halogens is 2. The van der Waals surface area contributed by atoms with Crippen LogP contribution >= 0.6 is 11.6 Å². The monoisotopic (exact) mass is 490 g/mol. The Morgan fingerprint density at radius 2 is 1.74 bits per heavy atom. The summed E-state index contributed by atoms with van der Waals surface area (Å²) in [5.74, 6) is 0.838. The van der Waals surface area contributed by atoms with Gasteiger partial charge in [0.2, 0.25) is 0 Å². The van der Waals surface area contributed by atoms with Crippen LogP contribution in [0.15, 0.2) is 61.1 Å². The second-order valence-electron chi connectivity index (χ2n) is 9.61. The van der Waals surface area contributed by atoms with E-state index in [1.807, 2.05) is 31.2 Å². The van der Waals surface area contributed by atoms with Crippen molar-refractivity contribution in [1.29, 1.82) is 0 Å². The number of nitrogens with one attached hydrogen (secondary N) is 1. The SMILES string of the molecule is CC1CCC(O)(c2ncc(-c3ccc4ncc(Cl)c(N[C@H](C)c5ccccc5F)c4c3)cn2)CC1. The standard InChI is InChI=1S/C28H28ClFN4O/c1-17-9-11-28(35,12-10-17)27-32-14-20(15-33-27)19-7-8-25-22(13-19)26(23(29)16-31-25)34-18(2)21-5-3-4-6-24(21)30/h3-8,13-18,35H,9-12H2,1-2H3,(H,31,34)/t17?,18-,28?/m1/s1. The number of pyridine rings is 1. The summed E-state index contributed by atoms with van der Waals surface area (Å²) in [4.78, 5) is 13.5. The van der Waals surface area contributed by atoms with E-state index in [0.29, 0.717) is 40.9 Å². The molecule has 2 aromatic carbocycles. The summed E-state index contributed by atoms with van der Waals surface area (Å²) >= 11 is 6.53. The number of rotatable bonds is 5. The van der Waals surface area contributed by atoms with Gasteiger partial charge < -0.3 is 10.4 Å². The van der Waals surface area contributed by atoms with Crippen LogP contribution in [0.4, 0.5) is 10.1 Å². The van der Waals surface area contributed by atoms with Crippen LogP contribution < -0.4 is 5.32 Å². The van der Waals surface area contributed by atoms with Crippen molar-refractivity contribution in [3.05, 3.63) is 83.3 Å². The molecule has 0 spiro atoms. The fourth-order valence-electron chi connectivity index (χ4n) is 4.80. The first-order chi connectivity index (χ1) is 16.8. The Morgan fingerprint density at radius 3 is 2.46 bits per heavy atom. The van der Waals surface area contributed by atoms with Crippen LogP contribution in [-0.4, -0.2) is 20.1 Å². The molecule has 2 N–H and O–H groups in total. The van der Waals surface area contributed by atoms with Crippen molar-refractivity contribution >= 4 is 28.2 Å². The van der Waals surface area contributed by atoms with Crippen LogP contribution in [0.5, 0.6) is 0 Å². The normalized spacial score (nSPS) is 21.1. The van der Waals surface area contributed by atoms with E-state index < -0.39 is 5.60 Å². The lowest BCUT2D eigenvalue weighted by Gasteiger charge is -2.33. The molecule has 1 saturated carbocycles. The van der Waals surface area contributed by atoms with Gasteiger partial charge in [-0.3, -0.25) is 4.98 Å². The highest BCUT2D eigenvalue weighted by molar-refractivity contribution is 6.34. The zero-order valence-corrected chi connectivity index (χ0v) is 20.6. The molecule has 180 valence electrons. The minimum Gasteiger partial charge on any atom is -0.382 e. The lowest BCUT2D eigenvalue weighted by atomic mass is 9.79. The van der Waals surface area contributed by atoms with Crippen LogP contribution in [0.25, 0.3) is 22.0 Å². The number of fused-ring (bicyclic) bond motifs is 1. The quantitative estimate of drug-likeness (QED) is 0.313. The van der Waals surface area contributed by atoms with Crippen molar-refractivity contribution in [1.82, 2.24) is 15.0 Å². The topological polar surface area (TPSA) is 70.9 Å². The Morgan fingerprint density at radius 1 is 1.03 bits per heavy atom. The van der Waals surface area contributed by atoms with E-state index in [2.05, 4.69) is 27.2 Å². The first-order valence-corrected chi connectivity index (χ1v) is 12.4. The molecule has 0 saturated heterocycles. The third-order valence-electron chi connectivity index (χ3n) is 7.06. The van der Waals surface area contributed by atoms with Gasteiger partial charge >= 0.3 is 0 Å². The molecule has 7 heteroatoms. The Hall–Kier alpha value is -3.09. The van der Waals surface area contributed by atoms with E-state index in [-0.39, 0.29) is 11.9 Å². The molecule has 5 nitrogen and oxygen atoms in total. The molecule has 0 bridgehead atoms. The van der Waals surface area contributed by atoms with Gasteiger partial charge in [0.05, 0.1) is 22.3 Å². The Kier molecular flexibility index (Phi) is 6.43. The van der Waals surface area contributed by atoms with Crippen molar-refractivity contribution in [2.75, 3.05) is 5.32 Å². The predicted octanol–water partition coefficient (Wildman–Crippen LogP) is 7.06. The Balaban J connectivity index is 1.47. The molecule has 2 aromatic heterocycles. The van der Waals surface area contributed by atoms with Gasteiger partial charge in [0, 0.05) is 35.1 Å². The third kappa shape index (κ3) is 4.73. The molecule has 1 aliphatic carbocycles. The molecule has 0 radical (unpaired) electrons. The van der Waals surface area contributed by atoms with Crippen LogP contribution in [0.2, 0.25) is 5.02 Å². The number of anilines is 1. The van der Waals surface area contributed by atoms with Gasteiger partial charge in [-0.1, -0.05) is 42.8 Å². The maximum Gasteiger partial charge on any atom is 0.159 e. The van der Waals surface area contributed by atoms with E-state index >= 15 is 0 Å². The van der Waals surface area contributed by atoms with E-state index in [9.17, 15) is 9.50 Å². The molecule has 2 heterocycles. The highest BCUT2D eigenvalue weighted by atomic mass is 35.5. The second-order valence-corrected chi connectivity index (χ2v) is 10.0. The lowest BCUT2D eigenvalue weighted by molar-refractivity contribution is -0.0198. The average Bonchev–Trinajstić information content (AvgIpc) is 2.87. The van der Waals surface area contributed by atoms with Crippen molar-refractivity contribution in [3.63, 3.8) is 0 Å². The molecule has 0 aliphatic heterocycles. The van der Waals surface area contributed by atoms with Gasteiger partial charge in [0.25, 0.3) is 0 Å². The highest BCUT2D eigenvalue weighted by Gasteiger charge is 2.36. The number of aliphatic hydroxyl groups is 1. The number of nitrogens with zero attached hydrogens (tertiary/aromatic N) is 3. The molecule has 35 heavy (non-hydrogen) atoms. The fraction of sp³-hybridized carbons (Fsp3) is 0.321. The zero-order chi connectivity index (χ0) is 24.6. The highest BCUT2D eigenvalue weighted by Crippen LogP contribution is 2.38. The van der Waals surface area contributed by atoms with Gasteiger partial charge in [-0.05, 0) is 62.3 Å². The third-order valence-corrected chi connectivity index (χ3v) is 7.34. The number of aromatic nitrogens is 3. The van der Waals surface area contributed by atoms with Crippen molar-refractivity contribution in [3.8, 4) is 11.1 Å². The summed E-state index contributed by atoms with van der Waals surface area (Å²) in [6.07, 6.45) is 8.43. The molecule has 0 amide bonds. The molecular formula is C28H28ClFN4O. The average molecular weight is 491 g/mol. The summed E-state index contributed by atoms with van der Waals surface area (Å²) in [7, 11) is 0. The van der Waals surface area contributed by atoms with E-state index in [4.69, 9.17) is 11.6 Å². The molecule has 1 atom stereocenters. The van der Waals surface area contributed by atoms with Crippen LogP contribution in [-0.2, 0) is 5.60 Å². The van der Waals surface area contributed by atoms with E-state index in [1.165, 1.54) is 6.07 Å². The van der Waals surface area contributed by atoms with Crippen molar-refractivity contribution in [2.45, 2.75) is 51.2 Å². The number of hydrogen-bond acceptors (Lipinski definition) is 5. The molecule has 5 rings (SSSR count). The summed E-state index contributed by atoms with van der Waals surface area (Å²) in [5, 5.41) is 15.7. The second kappa shape index (κ2) is 9.51. The molecule has 1 fully saturated rings. The first kappa shape index (κ1) is 23.6. The summed E-state index contributed by atoms with van der Waals surface area (Å²) in [6.45, 7) is 4.11. The summed E-state index contributed by atoms with van der Waals surface area (Å²) in [6, 6.07) is 12.3. The lowest BCUT2D eigenvalue weighted by Crippen LogP contribution is -2.32. The Bertz CT molecular complexity index is 1350. The van der Waals surface area contributed by atoms with E-state index in [0.717, 1.165) is 34.9 Å². The summed E-state index contributed by atoms with van der Waals surface area (Å²) in [5.41, 5.74) is 2.80. The van der Waals surface area contributed by atoms with Crippen LogP contribution in [0, 0.1) is 11.7 Å². The Labute approximate surface area is 209 Å². The van der Waals surface area contributed by atoms with Gasteiger partial charge in [0.1, 0.15) is 11.4 Å². The minimum absolute atomic E-state index is 0.269. The van der Waals surface area contributed by atoms with Gasteiger partial charge in [-0.25, -0.2) is 14.4 Å². The molecule has 1 aliphatic rings. The maximum absolute atomic E-state index is 14.3. The van der Waals surface area contributed by atoms with Gasteiger partial charge in [-0.15, -0.1) is 0 Å². The zero-order valence-electron chi connectivity index (χ0n) is 19.8. The predicted molar refractivity (Wildman–Crippen MR) is 138 cm³/mol. The van der Waals surface area contributed by atoms with Crippen molar-refractivity contribution < 1.29 is 9.50 Å². The van der Waals surface area contributed by atoms with E-state index in [1.54, 1.807) is 30.7 Å². The maximum atomic E-state index is 14.3. The fourth-order valence-corrected chi connectivity index (χ4v) is 5.00.